The number of aryl methyl sites for hydroxylation is 1. The summed E-state index contributed by atoms with van der Waals surface area (Å²) in [4.78, 5) is 0. The van der Waals surface area contributed by atoms with Gasteiger partial charge in [-0.1, -0.05) is 31.2 Å². The van der Waals surface area contributed by atoms with E-state index in [1.807, 2.05) is 29.9 Å². The van der Waals surface area contributed by atoms with Gasteiger partial charge < -0.3 is 5.73 Å². The number of hydrogen-bond acceptors (Lipinski definition) is 2. The van der Waals surface area contributed by atoms with Gasteiger partial charge in [0.25, 0.3) is 0 Å². The maximum atomic E-state index is 5.99. The maximum absolute atomic E-state index is 5.99. The van der Waals surface area contributed by atoms with Gasteiger partial charge in [0.2, 0.25) is 0 Å². The Morgan fingerprint density at radius 1 is 1.35 bits per heavy atom. The van der Waals surface area contributed by atoms with Gasteiger partial charge in [-0.3, -0.25) is 4.68 Å². The summed E-state index contributed by atoms with van der Waals surface area (Å²) in [5.41, 5.74) is 9.49. The first-order valence-corrected chi connectivity index (χ1v) is 6.09. The topological polar surface area (TPSA) is 43.8 Å². The second-order valence-electron chi connectivity index (χ2n) is 4.37. The van der Waals surface area contributed by atoms with Crippen molar-refractivity contribution in [1.82, 2.24) is 9.78 Å². The molecule has 3 nitrogen and oxygen atoms in total. The van der Waals surface area contributed by atoms with Crippen molar-refractivity contribution in [2.24, 2.45) is 5.73 Å². The third-order valence-electron chi connectivity index (χ3n) is 2.85. The fraction of sp³-hybridized carbons (Fsp3) is 0.357. The monoisotopic (exact) mass is 229 g/mol. The Morgan fingerprint density at radius 3 is 2.82 bits per heavy atom. The molecule has 0 radical (unpaired) electrons. The summed E-state index contributed by atoms with van der Waals surface area (Å²) < 4.78 is 1.98. The molecule has 0 saturated heterocycles. The fourth-order valence-electron chi connectivity index (χ4n) is 2.01. The lowest BCUT2D eigenvalue weighted by Crippen LogP contribution is -2.06. The number of benzene rings is 1. The van der Waals surface area contributed by atoms with Crippen LogP contribution in [0.3, 0.4) is 0 Å². The van der Waals surface area contributed by atoms with E-state index in [-0.39, 0.29) is 6.04 Å². The molecule has 0 spiro atoms. The molecule has 0 aliphatic heterocycles. The zero-order valence-electron chi connectivity index (χ0n) is 10.4. The van der Waals surface area contributed by atoms with Crippen LogP contribution in [-0.2, 0) is 6.54 Å². The van der Waals surface area contributed by atoms with Crippen LogP contribution in [0.25, 0.3) is 11.1 Å². The molecule has 17 heavy (non-hydrogen) atoms. The fourth-order valence-corrected chi connectivity index (χ4v) is 2.01. The van der Waals surface area contributed by atoms with Crippen LogP contribution in [0.15, 0.2) is 36.7 Å². The summed E-state index contributed by atoms with van der Waals surface area (Å²) in [6, 6.07) is 8.29. The molecule has 3 heteroatoms. The van der Waals surface area contributed by atoms with E-state index in [4.69, 9.17) is 5.73 Å². The number of aromatic nitrogens is 2. The van der Waals surface area contributed by atoms with Crippen molar-refractivity contribution >= 4 is 0 Å². The second kappa shape index (κ2) is 5.15. The molecule has 1 heterocycles. The van der Waals surface area contributed by atoms with Crippen LogP contribution in [0.1, 0.15) is 31.9 Å². The van der Waals surface area contributed by atoms with E-state index < -0.39 is 0 Å². The maximum Gasteiger partial charge on any atom is 0.0568 e. The Morgan fingerprint density at radius 2 is 2.12 bits per heavy atom. The summed E-state index contributed by atoms with van der Waals surface area (Å²) in [5.74, 6) is 0. The van der Waals surface area contributed by atoms with E-state index in [0.717, 1.165) is 18.5 Å². The predicted octanol–water partition coefficient (Wildman–Crippen LogP) is 2.98. The molecule has 2 rings (SSSR count). The molecule has 0 saturated carbocycles. The van der Waals surface area contributed by atoms with Gasteiger partial charge >= 0.3 is 0 Å². The van der Waals surface area contributed by atoms with Crippen LogP contribution in [0.4, 0.5) is 0 Å². The summed E-state index contributed by atoms with van der Waals surface area (Å²) in [6.45, 7) is 5.12. The number of nitrogens with zero attached hydrogens (tertiary/aromatic N) is 2. The Bertz CT molecular complexity index is 486. The highest BCUT2D eigenvalue weighted by molar-refractivity contribution is 5.66. The SMILES string of the molecule is CCCn1cc(-c2ccccc2C(C)N)cn1. The average Bonchev–Trinajstić information content (AvgIpc) is 2.78. The van der Waals surface area contributed by atoms with Gasteiger partial charge in [0.1, 0.15) is 0 Å². The minimum atomic E-state index is 0.0423. The van der Waals surface area contributed by atoms with Crippen molar-refractivity contribution in [2.75, 3.05) is 0 Å². The largest absolute Gasteiger partial charge is 0.324 e. The first kappa shape index (κ1) is 11.9. The van der Waals surface area contributed by atoms with E-state index in [1.165, 1.54) is 11.1 Å². The van der Waals surface area contributed by atoms with Crippen molar-refractivity contribution in [3.05, 3.63) is 42.2 Å². The molecule has 1 unspecified atom stereocenters. The van der Waals surface area contributed by atoms with Crippen molar-refractivity contribution in [3.8, 4) is 11.1 Å². The molecule has 0 aliphatic rings. The van der Waals surface area contributed by atoms with Crippen LogP contribution in [0, 0.1) is 0 Å². The lowest BCUT2D eigenvalue weighted by atomic mass is 9.98. The lowest BCUT2D eigenvalue weighted by molar-refractivity contribution is 0.603. The van der Waals surface area contributed by atoms with Gasteiger partial charge in [0.15, 0.2) is 0 Å². The van der Waals surface area contributed by atoms with Crippen LogP contribution >= 0.6 is 0 Å². The van der Waals surface area contributed by atoms with Gasteiger partial charge in [-0.05, 0) is 24.5 Å². The average molecular weight is 229 g/mol. The first-order chi connectivity index (χ1) is 8.22. The molecule has 2 N–H and O–H groups in total. The molecule has 1 aromatic carbocycles. The molecule has 0 amide bonds. The van der Waals surface area contributed by atoms with E-state index in [2.05, 4.69) is 30.4 Å². The number of hydrogen-bond donors (Lipinski definition) is 1. The minimum absolute atomic E-state index is 0.0423. The molecule has 90 valence electrons. The zero-order chi connectivity index (χ0) is 12.3. The standard InChI is InChI=1S/C14H19N3/c1-3-8-17-10-12(9-16-17)14-7-5-4-6-13(14)11(2)15/h4-7,9-11H,3,8,15H2,1-2H3. The van der Waals surface area contributed by atoms with Gasteiger partial charge in [-0.15, -0.1) is 0 Å². The highest BCUT2D eigenvalue weighted by Crippen LogP contribution is 2.26. The van der Waals surface area contributed by atoms with E-state index in [0.29, 0.717) is 0 Å². The molecule has 0 aliphatic carbocycles. The van der Waals surface area contributed by atoms with Crippen LogP contribution < -0.4 is 5.73 Å². The predicted molar refractivity (Wildman–Crippen MR) is 70.6 cm³/mol. The molecule has 0 fully saturated rings. The smallest absolute Gasteiger partial charge is 0.0568 e. The highest BCUT2D eigenvalue weighted by atomic mass is 15.3. The van der Waals surface area contributed by atoms with E-state index in [9.17, 15) is 0 Å². The lowest BCUT2D eigenvalue weighted by Gasteiger charge is -2.10. The highest BCUT2D eigenvalue weighted by Gasteiger charge is 2.09. The van der Waals surface area contributed by atoms with Crippen LogP contribution in [0.2, 0.25) is 0 Å². The summed E-state index contributed by atoms with van der Waals surface area (Å²) in [7, 11) is 0. The van der Waals surface area contributed by atoms with Crippen LogP contribution in [0.5, 0.6) is 0 Å². The molecular weight excluding hydrogens is 210 g/mol. The Kier molecular flexibility index (Phi) is 3.59. The van der Waals surface area contributed by atoms with Gasteiger partial charge in [-0.25, -0.2) is 0 Å². The number of rotatable bonds is 4. The summed E-state index contributed by atoms with van der Waals surface area (Å²) in [6.07, 6.45) is 5.09. The van der Waals surface area contributed by atoms with Gasteiger partial charge in [0.05, 0.1) is 6.20 Å². The number of nitrogens with two attached hydrogens (primary N) is 1. The summed E-state index contributed by atoms with van der Waals surface area (Å²) >= 11 is 0. The van der Waals surface area contributed by atoms with Crippen LogP contribution in [-0.4, -0.2) is 9.78 Å². The molecule has 2 aromatic rings. The first-order valence-electron chi connectivity index (χ1n) is 6.09. The second-order valence-corrected chi connectivity index (χ2v) is 4.37. The molecular formula is C14H19N3. The summed E-state index contributed by atoms with van der Waals surface area (Å²) in [5, 5.41) is 4.36. The van der Waals surface area contributed by atoms with E-state index in [1.54, 1.807) is 0 Å². The Balaban J connectivity index is 2.38. The normalized spacial score (nSPS) is 12.6. The van der Waals surface area contributed by atoms with Gasteiger partial charge in [0, 0.05) is 24.3 Å². The third-order valence-corrected chi connectivity index (χ3v) is 2.85. The van der Waals surface area contributed by atoms with Crippen molar-refractivity contribution in [3.63, 3.8) is 0 Å². The van der Waals surface area contributed by atoms with Crippen molar-refractivity contribution in [1.29, 1.82) is 0 Å². The van der Waals surface area contributed by atoms with E-state index >= 15 is 0 Å². The van der Waals surface area contributed by atoms with Crippen molar-refractivity contribution < 1.29 is 0 Å². The Labute approximate surface area is 102 Å². The van der Waals surface area contributed by atoms with Gasteiger partial charge in [-0.2, -0.15) is 5.10 Å². The third kappa shape index (κ3) is 2.56. The zero-order valence-corrected chi connectivity index (χ0v) is 10.4. The van der Waals surface area contributed by atoms with Crippen molar-refractivity contribution in [2.45, 2.75) is 32.9 Å². The Hall–Kier alpha value is -1.61. The quantitative estimate of drug-likeness (QED) is 0.876. The molecule has 1 atom stereocenters. The molecule has 0 bridgehead atoms. The minimum Gasteiger partial charge on any atom is -0.324 e. The molecule has 1 aromatic heterocycles.